The van der Waals surface area contributed by atoms with Crippen molar-refractivity contribution in [2.45, 2.75) is 165 Å². The molecule has 0 radical (unpaired) electrons. The Morgan fingerprint density at radius 1 is 0.750 bits per heavy atom. The number of hydrogen-bond acceptors (Lipinski definition) is 15. The molecule has 2 aromatic heterocycles. The maximum absolute atomic E-state index is 15.1. The van der Waals surface area contributed by atoms with Crippen LogP contribution in [0.25, 0.3) is 11.0 Å². The molecule has 6 atom stereocenters. The third-order valence-corrected chi connectivity index (χ3v) is 11.4. The molecule has 1 aromatic carbocycles. The molecule has 0 spiro atoms. The van der Waals surface area contributed by atoms with Crippen LogP contribution in [0.2, 0.25) is 0 Å². The zero-order chi connectivity index (χ0) is 49.0. The summed E-state index contributed by atoms with van der Waals surface area (Å²) < 4.78 is 19.6. The van der Waals surface area contributed by atoms with E-state index >= 15 is 9.59 Å². The Labute approximate surface area is 375 Å². The van der Waals surface area contributed by atoms with Gasteiger partial charge >= 0.3 is 5.97 Å². The molecule has 16 nitrogen and oxygen atoms in total. The number of aliphatic hydroxyl groups excluding tert-OH is 2. The molecule has 1 aliphatic heterocycles. The Morgan fingerprint density at radius 2 is 1.28 bits per heavy atom. The third kappa shape index (κ3) is 9.59. The van der Waals surface area contributed by atoms with Gasteiger partial charge in [0.2, 0.25) is 23.4 Å². The predicted octanol–water partition coefficient (Wildman–Crippen LogP) is 4.67. The van der Waals surface area contributed by atoms with Gasteiger partial charge in [0.05, 0.1) is 10.8 Å². The van der Waals surface area contributed by atoms with Gasteiger partial charge in [-0.15, -0.1) is 5.10 Å². The highest BCUT2D eigenvalue weighted by atomic mass is 16.7. The Hall–Kier alpha value is -4.45. The summed E-state index contributed by atoms with van der Waals surface area (Å²) in [5.41, 5.74) is -16.6. The summed E-state index contributed by atoms with van der Waals surface area (Å²) in [7, 11) is 0. The standard InChI is InChI=1S/C48H69N3O13/c1-41(2,3)32(54)31(53)33-46(59,36(55)42(4,5)6)48(61,38(57)44(10,11)12)47(60,37(56)43(7,8)9)40(63-33)64-35-30-28(23-24-49-34(30)51(50-35)25-16-26-52)20-17-27-18-21-29(22-19-27)62-39(58)45(13,14)15/h18-19,21-24,32-33,40,52,54,59-61H,16-17,20,25-26H2,1-15H3/t32?,33-,40+,46+,47+,48+/m1/s1. The van der Waals surface area contributed by atoms with Gasteiger partial charge in [-0.25, -0.2) is 9.67 Å². The van der Waals surface area contributed by atoms with E-state index in [9.17, 15) is 39.9 Å². The van der Waals surface area contributed by atoms with Gasteiger partial charge in [0.25, 0.3) is 0 Å². The van der Waals surface area contributed by atoms with Gasteiger partial charge in [0.1, 0.15) is 11.9 Å². The summed E-state index contributed by atoms with van der Waals surface area (Å²) in [6.45, 7) is 21.8. The average Bonchev–Trinajstić information content (AvgIpc) is 3.53. The molecule has 0 bridgehead atoms. The van der Waals surface area contributed by atoms with Crippen LogP contribution in [0.3, 0.4) is 0 Å². The number of benzene rings is 1. The van der Waals surface area contributed by atoms with Crippen molar-refractivity contribution >= 4 is 40.1 Å². The van der Waals surface area contributed by atoms with Crippen molar-refractivity contribution < 1.29 is 63.7 Å². The lowest BCUT2D eigenvalue weighted by atomic mass is 9.52. The predicted molar refractivity (Wildman–Crippen MR) is 236 cm³/mol. The second-order valence-electron chi connectivity index (χ2n) is 22.2. The molecule has 16 heteroatoms. The van der Waals surface area contributed by atoms with Crippen LogP contribution in [0, 0.1) is 27.1 Å². The highest BCUT2D eigenvalue weighted by molar-refractivity contribution is 6.13. The first kappa shape index (κ1) is 52.2. The van der Waals surface area contributed by atoms with Crippen molar-refractivity contribution in [1.82, 2.24) is 14.8 Å². The summed E-state index contributed by atoms with van der Waals surface area (Å²) in [5, 5.41) is 65.8. The molecule has 3 aromatic rings. The van der Waals surface area contributed by atoms with Gasteiger partial charge in [-0.05, 0) is 74.8 Å². The summed E-state index contributed by atoms with van der Waals surface area (Å²) in [6.07, 6.45) is -4.70. The molecule has 3 heterocycles. The second kappa shape index (κ2) is 17.7. The first-order valence-electron chi connectivity index (χ1n) is 21.6. The number of aromatic nitrogens is 3. The van der Waals surface area contributed by atoms with Crippen molar-refractivity contribution in [3.8, 4) is 11.6 Å². The van der Waals surface area contributed by atoms with Crippen molar-refractivity contribution in [2.75, 3.05) is 6.61 Å². The van der Waals surface area contributed by atoms with Crippen LogP contribution >= 0.6 is 0 Å². The molecule has 1 aliphatic rings. The van der Waals surface area contributed by atoms with E-state index in [1.165, 1.54) is 94.0 Å². The van der Waals surface area contributed by atoms with Gasteiger partial charge in [-0.3, -0.25) is 24.0 Å². The summed E-state index contributed by atoms with van der Waals surface area (Å²) in [5.74, 6) is -5.75. The molecule has 64 heavy (non-hydrogen) atoms. The van der Waals surface area contributed by atoms with Crippen LogP contribution in [0.5, 0.6) is 11.6 Å². The quantitative estimate of drug-likeness (QED) is 0.109. The molecule has 0 aliphatic carbocycles. The van der Waals surface area contributed by atoms with Crippen LogP contribution < -0.4 is 9.47 Å². The number of nitrogens with zero attached hydrogens (tertiary/aromatic N) is 3. The molecule has 0 amide bonds. The number of esters is 1. The van der Waals surface area contributed by atoms with E-state index in [4.69, 9.17) is 14.2 Å². The van der Waals surface area contributed by atoms with Crippen LogP contribution in [-0.2, 0) is 48.1 Å². The Bertz CT molecular complexity index is 2250. The molecule has 1 unspecified atom stereocenters. The smallest absolute Gasteiger partial charge is 0.316 e. The lowest BCUT2D eigenvalue weighted by Crippen LogP contribution is -2.90. The number of hydrogen-bond donors (Lipinski definition) is 5. The number of fused-ring (bicyclic) bond motifs is 1. The lowest BCUT2D eigenvalue weighted by molar-refractivity contribution is -0.350. The topological polar surface area (TPSA) is 245 Å². The first-order chi connectivity index (χ1) is 29.0. The van der Waals surface area contributed by atoms with Crippen molar-refractivity contribution in [3.05, 3.63) is 47.7 Å². The maximum atomic E-state index is 15.1. The monoisotopic (exact) mass is 895 g/mol. The Balaban J connectivity index is 2.04. The van der Waals surface area contributed by atoms with Gasteiger partial charge in [-0.1, -0.05) is 95.2 Å². The maximum Gasteiger partial charge on any atom is 0.316 e. The Kier molecular flexibility index (Phi) is 14.5. The number of pyridine rings is 1. The fourth-order valence-corrected chi connectivity index (χ4v) is 7.67. The van der Waals surface area contributed by atoms with E-state index in [1.807, 2.05) is 0 Å². The fourth-order valence-electron chi connectivity index (χ4n) is 7.67. The van der Waals surface area contributed by atoms with Crippen LogP contribution in [-0.4, -0.2) is 111 Å². The van der Waals surface area contributed by atoms with Crippen molar-refractivity contribution in [1.29, 1.82) is 0 Å². The fraction of sp³-hybridized carbons (Fsp3) is 0.646. The highest BCUT2D eigenvalue weighted by Crippen LogP contribution is 2.54. The van der Waals surface area contributed by atoms with E-state index in [0.717, 1.165) is 5.56 Å². The van der Waals surface area contributed by atoms with E-state index in [-0.39, 0.29) is 36.5 Å². The zero-order valence-electron chi connectivity index (χ0n) is 40.1. The number of aryl methyl sites for hydroxylation is 3. The Morgan fingerprint density at radius 3 is 1.77 bits per heavy atom. The number of rotatable bonds is 14. The lowest BCUT2D eigenvalue weighted by Gasteiger charge is -2.60. The van der Waals surface area contributed by atoms with Gasteiger partial charge in [-0.2, -0.15) is 0 Å². The minimum atomic E-state index is -3.89. The number of aliphatic hydroxyl groups is 5. The minimum absolute atomic E-state index is 0.101. The normalized spacial score (nSPS) is 24.0. The molecule has 354 valence electrons. The van der Waals surface area contributed by atoms with Gasteiger partial charge in [0.15, 0.2) is 40.5 Å². The van der Waals surface area contributed by atoms with Crippen LogP contribution in [0.1, 0.15) is 121 Å². The molecule has 4 rings (SSSR count). The minimum Gasteiger partial charge on any atom is -0.442 e. The van der Waals surface area contributed by atoms with Crippen molar-refractivity contribution in [2.24, 2.45) is 27.1 Å². The first-order valence-corrected chi connectivity index (χ1v) is 21.6. The molecule has 0 saturated carbocycles. The molecule has 1 saturated heterocycles. The SMILES string of the molecule is CC(C)(C)C(=O)Oc1ccc(CCc2ccnc3c2c(O[C@@H]2O[C@H](C(=O)C(O)C(C)(C)C)[C@](O)(C(=O)C(C)(C)C)[C@@](O)(C(=O)C(C)(C)C)[C@]2(O)C(=O)C(C)(C)C)nn3CCCO)cc1. The number of carbonyl (C=O) groups is 5. The summed E-state index contributed by atoms with van der Waals surface area (Å²) >= 11 is 0. The van der Waals surface area contributed by atoms with E-state index in [0.29, 0.717) is 24.2 Å². The number of ether oxygens (including phenoxy) is 3. The van der Waals surface area contributed by atoms with Gasteiger partial charge < -0.3 is 39.7 Å². The number of carbonyl (C=O) groups excluding carboxylic acids is 5. The second-order valence-corrected chi connectivity index (χ2v) is 22.2. The zero-order valence-corrected chi connectivity index (χ0v) is 40.1. The average molecular weight is 896 g/mol. The van der Waals surface area contributed by atoms with Gasteiger partial charge in [0, 0.05) is 35.6 Å². The molecule has 5 N–H and O–H groups in total. The summed E-state index contributed by atoms with van der Waals surface area (Å²) in [4.78, 5) is 76.5. The molecule has 1 fully saturated rings. The van der Waals surface area contributed by atoms with Crippen molar-refractivity contribution in [3.63, 3.8) is 0 Å². The van der Waals surface area contributed by atoms with Crippen LogP contribution in [0.15, 0.2) is 36.5 Å². The number of ketones is 4. The highest BCUT2D eigenvalue weighted by Gasteiger charge is 2.84. The molecular weight excluding hydrogens is 827 g/mol. The van der Waals surface area contributed by atoms with E-state index < -0.39 is 91.5 Å². The summed E-state index contributed by atoms with van der Waals surface area (Å²) in [6, 6.07) is 8.64. The largest absolute Gasteiger partial charge is 0.442 e. The number of Topliss-reactive ketones (excluding diaryl/α,β-unsaturated/α-hetero) is 4. The molecular formula is C48H69N3O13. The van der Waals surface area contributed by atoms with E-state index in [2.05, 4.69) is 10.1 Å². The van der Waals surface area contributed by atoms with Crippen LogP contribution in [0.4, 0.5) is 0 Å². The van der Waals surface area contributed by atoms with E-state index in [1.54, 1.807) is 51.1 Å². The third-order valence-electron chi connectivity index (χ3n) is 11.4.